The Morgan fingerprint density at radius 1 is 1.43 bits per heavy atom. The van der Waals surface area contributed by atoms with E-state index in [0.29, 0.717) is 0 Å². The van der Waals surface area contributed by atoms with Crippen molar-refractivity contribution in [2.24, 2.45) is 0 Å². The maximum absolute atomic E-state index is 11.5. The molecule has 0 fully saturated rings. The van der Waals surface area contributed by atoms with Gasteiger partial charge < -0.3 is 5.32 Å². The van der Waals surface area contributed by atoms with Crippen molar-refractivity contribution >= 4 is 5.91 Å². The standard InChI is InChI=1S/C11H20N2O/c1-6-10(7-2)13-9(5)11(14)12-8(3)4/h1,8-10,13H,7H2,2-5H3,(H,12,14). The normalized spacial score (nSPS) is 14.6. The molecule has 0 heterocycles. The van der Waals surface area contributed by atoms with E-state index in [-0.39, 0.29) is 24.0 Å². The number of carbonyl (C=O) groups excluding carboxylic acids is 1. The van der Waals surface area contributed by atoms with Gasteiger partial charge in [-0.05, 0) is 27.2 Å². The summed E-state index contributed by atoms with van der Waals surface area (Å²) in [6, 6.07) is -0.0982. The lowest BCUT2D eigenvalue weighted by Crippen LogP contribution is -2.47. The number of rotatable bonds is 5. The Balaban J connectivity index is 4.01. The molecule has 80 valence electrons. The fourth-order valence-corrected chi connectivity index (χ4v) is 1.07. The van der Waals surface area contributed by atoms with Crippen LogP contribution in [-0.2, 0) is 4.79 Å². The molecule has 0 aliphatic rings. The molecule has 2 N–H and O–H groups in total. The van der Waals surface area contributed by atoms with E-state index in [1.54, 1.807) is 0 Å². The number of nitrogens with one attached hydrogen (secondary N) is 2. The van der Waals surface area contributed by atoms with Crippen molar-refractivity contribution < 1.29 is 4.79 Å². The summed E-state index contributed by atoms with van der Waals surface area (Å²) in [5.74, 6) is 2.59. The van der Waals surface area contributed by atoms with E-state index in [9.17, 15) is 4.79 Å². The van der Waals surface area contributed by atoms with E-state index < -0.39 is 0 Å². The fraction of sp³-hybridized carbons (Fsp3) is 0.727. The molecule has 1 amide bonds. The first-order chi connectivity index (χ1) is 6.51. The van der Waals surface area contributed by atoms with Gasteiger partial charge in [-0.1, -0.05) is 12.8 Å². The Bertz CT molecular complexity index is 218. The highest BCUT2D eigenvalue weighted by Gasteiger charge is 2.15. The Hall–Kier alpha value is -1.01. The van der Waals surface area contributed by atoms with E-state index in [2.05, 4.69) is 16.6 Å². The van der Waals surface area contributed by atoms with Crippen LogP contribution in [-0.4, -0.2) is 24.0 Å². The van der Waals surface area contributed by atoms with Gasteiger partial charge in [0.1, 0.15) is 0 Å². The summed E-state index contributed by atoms with van der Waals surface area (Å²) in [5.41, 5.74) is 0. The number of terminal acetylenes is 1. The molecule has 14 heavy (non-hydrogen) atoms. The van der Waals surface area contributed by atoms with Gasteiger partial charge in [0.15, 0.2) is 0 Å². The second-order valence-electron chi connectivity index (χ2n) is 3.68. The van der Waals surface area contributed by atoms with Gasteiger partial charge in [0.25, 0.3) is 0 Å². The van der Waals surface area contributed by atoms with Crippen LogP contribution in [0.5, 0.6) is 0 Å². The highest BCUT2D eigenvalue weighted by Crippen LogP contribution is 1.92. The Kier molecular flexibility index (Phi) is 5.98. The maximum atomic E-state index is 11.5. The number of carbonyl (C=O) groups is 1. The quantitative estimate of drug-likeness (QED) is 0.641. The average Bonchev–Trinajstić information content (AvgIpc) is 2.12. The minimum Gasteiger partial charge on any atom is -0.353 e. The number of hydrogen-bond acceptors (Lipinski definition) is 2. The first-order valence-corrected chi connectivity index (χ1v) is 5.03. The van der Waals surface area contributed by atoms with Crippen LogP contribution in [0.3, 0.4) is 0 Å². The van der Waals surface area contributed by atoms with Crippen LogP contribution in [0.4, 0.5) is 0 Å². The lowest BCUT2D eigenvalue weighted by molar-refractivity contribution is -0.123. The highest BCUT2D eigenvalue weighted by atomic mass is 16.2. The molecule has 0 aliphatic heterocycles. The molecule has 3 nitrogen and oxygen atoms in total. The molecule has 0 bridgehead atoms. The molecule has 0 spiro atoms. The zero-order valence-electron chi connectivity index (χ0n) is 9.42. The Morgan fingerprint density at radius 3 is 2.36 bits per heavy atom. The van der Waals surface area contributed by atoms with Crippen LogP contribution in [0.1, 0.15) is 34.1 Å². The third-order valence-electron chi connectivity index (χ3n) is 1.88. The third-order valence-corrected chi connectivity index (χ3v) is 1.88. The minimum absolute atomic E-state index is 0.00583. The molecule has 0 rings (SSSR count). The van der Waals surface area contributed by atoms with Crippen molar-refractivity contribution in [2.75, 3.05) is 0 Å². The molecular formula is C11H20N2O. The predicted molar refractivity (Wildman–Crippen MR) is 58.8 cm³/mol. The van der Waals surface area contributed by atoms with E-state index in [1.165, 1.54) is 0 Å². The molecule has 0 aliphatic carbocycles. The summed E-state index contributed by atoms with van der Waals surface area (Å²) < 4.78 is 0. The summed E-state index contributed by atoms with van der Waals surface area (Å²) in [6.07, 6.45) is 6.12. The summed E-state index contributed by atoms with van der Waals surface area (Å²) in [6.45, 7) is 7.68. The summed E-state index contributed by atoms with van der Waals surface area (Å²) in [7, 11) is 0. The molecule has 3 heteroatoms. The highest BCUT2D eigenvalue weighted by molar-refractivity contribution is 5.81. The summed E-state index contributed by atoms with van der Waals surface area (Å²) in [5, 5.41) is 5.90. The molecule has 0 radical (unpaired) electrons. The largest absolute Gasteiger partial charge is 0.353 e. The molecule has 0 aromatic carbocycles. The molecule has 0 aromatic heterocycles. The molecular weight excluding hydrogens is 176 g/mol. The summed E-state index contributed by atoms with van der Waals surface area (Å²) >= 11 is 0. The third kappa shape index (κ3) is 4.88. The van der Waals surface area contributed by atoms with Crippen molar-refractivity contribution in [3.8, 4) is 12.3 Å². The maximum Gasteiger partial charge on any atom is 0.237 e. The van der Waals surface area contributed by atoms with Crippen molar-refractivity contribution in [1.29, 1.82) is 0 Å². The van der Waals surface area contributed by atoms with Gasteiger partial charge in [0.05, 0.1) is 12.1 Å². The monoisotopic (exact) mass is 196 g/mol. The lowest BCUT2D eigenvalue weighted by Gasteiger charge is -2.19. The van der Waals surface area contributed by atoms with Crippen LogP contribution in [0.15, 0.2) is 0 Å². The smallest absolute Gasteiger partial charge is 0.237 e. The van der Waals surface area contributed by atoms with Gasteiger partial charge in [-0.15, -0.1) is 6.42 Å². The van der Waals surface area contributed by atoms with Gasteiger partial charge in [0, 0.05) is 6.04 Å². The second kappa shape index (κ2) is 6.44. The van der Waals surface area contributed by atoms with E-state index in [4.69, 9.17) is 6.42 Å². The molecule has 0 aromatic rings. The molecule has 0 saturated heterocycles. The Labute approximate surface area is 86.6 Å². The first kappa shape index (κ1) is 13.0. The van der Waals surface area contributed by atoms with E-state index in [0.717, 1.165) is 6.42 Å². The predicted octanol–water partition coefficient (Wildman–Crippen LogP) is 0.901. The zero-order valence-corrected chi connectivity index (χ0v) is 9.42. The van der Waals surface area contributed by atoms with Crippen LogP contribution >= 0.6 is 0 Å². The van der Waals surface area contributed by atoms with Gasteiger partial charge in [-0.25, -0.2) is 0 Å². The molecule has 2 unspecified atom stereocenters. The average molecular weight is 196 g/mol. The summed E-state index contributed by atoms with van der Waals surface area (Å²) in [4.78, 5) is 11.5. The minimum atomic E-state index is -0.238. The van der Waals surface area contributed by atoms with Crippen LogP contribution in [0.2, 0.25) is 0 Å². The van der Waals surface area contributed by atoms with Crippen LogP contribution < -0.4 is 10.6 Å². The van der Waals surface area contributed by atoms with Crippen LogP contribution in [0.25, 0.3) is 0 Å². The molecule has 0 saturated carbocycles. The van der Waals surface area contributed by atoms with Gasteiger partial charge in [0.2, 0.25) is 5.91 Å². The molecule has 2 atom stereocenters. The van der Waals surface area contributed by atoms with Gasteiger partial charge in [-0.2, -0.15) is 0 Å². The van der Waals surface area contributed by atoms with Crippen molar-refractivity contribution in [3.05, 3.63) is 0 Å². The van der Waals surface area contributed by atoms with Crippen molar-refractivity contribution in [2.45, 2.75) is 52.2 Å². The van der Waals surface area contributed by atoms with E-state index in [1.807, 2.05) is 27.7 Å². The number of amides is 1. The van der Waals surface area contributed by atoms with Gasteiger partial charge in [-0.3, -0.25) is 10.1 Å². The SMILES string of the molecule is C#CC(CC)NC(C)C(=O)NC(C)C. The fourth-order valence-electron chi connectivity index (χ4n) is 1.07. The lowest BCUT2D eigenvalue weighted by atomic mass is 10.2. The first-order valence-electron chi connectivity index (χ1n) is 5.03. The zero-order chi connectivity index (χ0) is 11.1. The second-order valence-corrected chi connectivity index (χ2v) is 3.68. The van der Waals surface area contributed by atoms with Crippen LogP contribution in [0, 0.1) is 12.3 Å². The van der Waals surface area contributed by atoms with E-state index >= 15 is 0 Å². The topological polar surface area (TPSA) is 41.1 Å². The number of hydrogen-bond donors (Lipinski definition) is 2. The van der Waals surface area contributed by atoms with Crippen molar-refractivity contribution in [1.82, 2.24) is 10.6 Å². The van der Waals surface area contributed by atoms with Gasteiger partial charge >= 0.3 is 0 Å². The van der Waals surface area contributed by atoms with Crippen molar-refractivity contribution in [3.63, 3.8) is 0 Å². The Morgan fingerprint density at radius 2 is 2.00 bits per heavy atom.